The SMILES string of the molecule is COc1cccc(Cn2cc(-c3ccc(C(C)(C)C)cc3)c3cc(NCC4CC4)ccc32)c1. The summed E-state index contributed by atoms with van der Waals surface area (Å²) >= 11 is 0. The average molecular weight is 439 g/mol. The first kappa shape index (κ1) is 21.6. The van der Waals surface area contributed by atoms with Crippen molar-refractivity contribution in [2.75, 3.05) is 19.0 Å². The molecule has 0 amide bonds. The Bertz CT molecular complexity index is 1260. The number of hydrogen-bond donors (Lipinski definition) is 1. The molecule has 1 aliphatic rings. The molecule has 1 aliphatic carbocycles. The molecule has 0 radical (unpaired) electrons. The second-order valence-corrected chi connectivity index (χ2v) is 10.4. The quantitative estimate of drug-likeness (QED) is 0.324. The molecule has 1 saturated carbocycles. The lowest BCUT2D eigenvalue weighted by molar-refractivity contribution is 0.414. The molecule has 4 aromatic rings. The van der Waals surface area contributed by atoms with Crippen molar-refractivity contribution in [1.82, 2.24) is 4.57 Å². The first-order valence-corrected chi connectivity index (χ1v) is 12.0. The Morgan fingerprint density at radius 1 is 0.970 bits per heavy atom. The zero-order chi connectivity index (χ0) is 23.0. The summed E-state index contributed by atoms with van der Waals surface area (Å²) in [5, 5.41) is 4.95. The minimum Gasteiger partial charge on any atom is -0.497 e. The van der Waals surface area contributed by atoms with Gasteiger partial charge in [-0.1, -0.05) is 57.2 Å². The van der Waals surface area contributed by atoms with Gasteiger partial charge in [-0.3, -0.25) is 0 Å². The summed E-state index contributed by atoms with van der Waals surface area (Å²) in [6.45, 7) is 8.67. The summed E-state index contributed by atoms with van der Waals surface area (Å²) in [6.07, 6.45) is 5.02. The Labute approximate surface area is 197 Å². The summed E-state index contributed by atoms with van der Waals surface area (Å²) in [5.41, 5.74) is 7.75. The van der Waals surface area contributed by atoms with Crippen LogP contribution in [0.4, 0.5) is 5.69 Å². The van der Waals surface area contributed by atoms with Gasteiger partial charge in [0, 0.05) is 41.4 Å². The number of nitrogens with zero attached hydrogens (tertiary/aromatic N) is 1. The van der Waals surface area contributed by atoms with Crippen molar-refractivity contribution in [3.63, 3.8) is 0 Å². The Kier molecular flexibility index (Phi) is 5.65. The fourth-order valence-corrected chi connectivity index (χ4v) is 4.47. The lowest BCUT2D eigenvalue weighted by atomic mass is 9.86. The largest absolute Gasteiger partial charge is 0.497 e. The molecule has 0 bridgehead atoms. The second-order valence-electron chi connectivity index (χ2n) is 10.4. The van der Waals surface area contributed by atoms with Crippen molar-refractivity contribution in [3.05, 3.63) is 84.1 Å². The van der Waals surface area contributed by atoms with Crippen LogP contribution in [0.15, 0.2) is 72.9 Å². The van der Waals surface area contributed by atoms with Gasteiger partial charge in [0.1, 0.15) is 5.75 Å². The van der Waals surface area contributed by atoms with E-state index in [0.717, 1.165) is 24.8 Å². The second kappa shape index (κ2) is 8.62. The Morgan fingerprint density at radius 3 is 2.45 bits per heavy atom. The maximum absolute atomic E-state index is 5.44. The third kappa shape index (κ3) is 4.78. The average Bonchev–Trinajstić information content (AvgIpc) is 3.58. The zero-order valence-corrected chi connectivity index (χ0v) is 20.2. The molecular weight excluding hydrogens is 404 g/mol. The van der Waals surface area contributed by atoms with E-state index in [1.54, 1.807) is 7.11 Å². The fraction of sp³-hybridized carbons (Fsp3) is 0.333. The first-order valence-electron chi connectivity index (χ1n) is 12.0. The number of ether oxygens (including phenoxy) is 1. The monoisotopic (exact) mass is 438 g/mol. The van der Waals surface area contributed by atoms with Crippen molar-refractivity contribution in [2.45, 2.75) is 45.6 Å². The number of rotatable bonds is 7. The summed E-state index contributed by atoms with van der Waals surface area (Å²) < 4.78 is 7.81. The molecule has 1 fully saturated rings. The predicted molar refractivity (Wildman–Crippen MR) is 139 cm³/mol. The van der Waals surface area contributed by atoms with Crippen molar-refractivity contribution in [2.24, 2.45) is 5.92 Å². The highest BCUT2D eigenvalue weighted by Gasteiger charge is 2.21. The normalized spacial score (nSPS) is 13.9. The van der Waals surface area contributed by atoms with Crippen LogP contribution in [0.1, 0.15) is 44.7 Å². The van der Waals surface area contributed by atoms with Gasteiger partial charge < -0.3 is 14.6 Å². The number of anilines is 1. The zero-order valence-electron chi connectivity index (χ0n) is 20.2. The standard InChI is InChI=1S/C30H34N2O/c1-30(2,3)24-12-10-23(11-13-24)28-20-32(19-22-6-5-7-26(16-22)33-4)29-15-14-25(17-27(28)29)31-18-21-8-9-21/h5-7,10-17,20-21,31H,8-9,18-19H2,1-4H3. The van der Waals surface area contributed by atoms with Crippen LogP contribution in [0.25, 0.3) is 22.0 Å². The highest BCUT2D eigenvalue weighted by Crippen LogP contribution is 2.35. The lowest BCUT2D eigenvalue weighted by Crippen LogP contribution is -2.10. The van der Waals surface area contributed by atoms with Crippen molar-refractivity contribution in [1.29, 1.82) is 0 Å². The lowest BCUT2D eigenvalue weighted by Gasteiger charge is -2.19. The number of hydrogen-bond acceptors (Lipinski definition) is 2. The van der Waals surface area contributed by atoms with E-state index in [1.165, 1.54) is 51.7 Å². The van der Waals surface area contributed by atoms with Crippen LogP contribution in [-0.2, 0) is 12.0 Å². The van der Waals surface area contributed by atoms with E-state index in [1.807, 2.05) is 6.07 Å². The molecule has 0 saturated heterocycles. The first-order chi connectivity index (χ1) is 15.9. The van der Waals surface area contributed by atoms with Gasteiger partial charge in [0.2, 0.25) is 0 Å². The van der Waals surface area contributed by atoms with Crippen LogP contribution in [0, 0.1) is 5.92 Å². The van der Waals surface area contributed by atoms with Crippen LogP contribution >= 0.6 is 0 Å². The molecule has 0 aliphatic heterocycles. The van der Waals surface area contributed by atoms with E-state index in [4.69, 9.17) is 4.74 Å². The van der Waals surface area contributed by atoms with Gasteiger partial charge in [0.15, 0.2) is 0 Å². The Morgan fingerprint density at radius 2 is 1.76 bits per heavy atom. The van der Waals surface area contributed by atoms with Gasteiger partial charge in [-0.2, -0.15) is 0 Å². The molecule has 0 unspecified atom stereocenters. The molecule has 0 atom stereocenters. The summed E-state index contributed by atoms with van der Waals surface area (Å²) in [7, 11) is 1.72. The van der Waals surface area contributed by atoms with E-state index in [9.17, 15) is 0 Å². The third-order valence-corrected chi connectivity index (χ3v) is 6.72. The van der Waals surface area contributed by atoms with Gasteiger partial charge in [0.25, 0.3) is 0 Å². The number of nitrogens with one attached hydrogen (secondary N) is 1. The van der Waals surface area contributed by atoms with Gasteiger partial charge in [-0.25, -0.2) is 0 Å². The molecule has 33 heavy (non-hydrogen) atoms. The van der Waals surface area contributed by atoms with Gasteiger partial charge in [-0.05, 0) is 71.2 Å². The molecule has 3 heteroatoms. The molecule has 3 aromatic carbocycles. The van der Waals surface area contributed by atoms with Crippen LogP contribution in [0.2, 0.25) is 0 Å². The van der Waals surface area contributed by atoms with Gasteiger partial charge in [-0.15, -0.1) is 0 Å². The maximum Gasteiger partial charge on any atom is 0.119 e. The molecule has 1 heterocycles. The number of methoxy groups -OCH3 is 1. The molecule has 170 valence electrons. The smallest absolute Gasteiger partial charge is 0.119 e. The molecule has 5 rings (SSSR count). The van der Waals surface area contributed by atoms with Crippen LogP contribution in [-0.4, -0.2) is 18.2 Å². The summed E-state index contributed by atoms with van der Waals surface area (Å²) in [4.78, 5) is 0. The van der Waals surface area contributed by atoms with Crippen LogP contribution in [0.3, 0.4) is 0 Å². The molecule has 1 aromatic heterocycles. The maximum atomic E-state index is 5.44. The topological polar surface area (TPSA) is 26.2 Å². The van der Waals surface area contributed by atoms with Gasteiger partial charge in [0.05, 0.1) is 7.11 Å². The number of fused-ring (bicyclic) bond motifs is 1. The van der Waals surface area contributed by atoms with E-state index >= 15 is 0 Å². The van der Waals surface area contributed by atoms with E-state index in [2.05, 4.69) is 97.5 Å². The molecule has 1 N–H and O–H groups in total. The molecular formula is C30H34N2O. The fourth-order valence-electron chi connectivity index (χ4n) is 4.47. The Hall–Kier alpha value is -3.20. The van der Waals surface area contributed by atoms with Crippen molar-refractivity contribution in [3.8, 4) is 16.9 Å². The van der Waals surface area contributed by atoms with Crippen LogP contribution in [0.5, 0.6) is 5.75 Å². The van der Waals surface area contributed by atoms with E-state index < -0.39 is 0 Å². The van der Waals surface area contributed by atoms with Crippen molar-refractivity contribution >= 4 is 16.6 Å². The molecule has 3 nitrogen and oxygen atoms in total. The summed E-state index contributed by atoms with van der Waals surface area (Å²) in [5.74, 6) is 1.75. The molecule has 0 spiro atoms. The Balaban J connectivity index is 1.55. The summed E-state index contributed by atoms with van der Waals surface area (Å²) in [6, 6.07) is 24.2. The third-order valence-electron chi connectivity index (χ3n) is 6.72. The van der Waals surface area contributed by atoms with Gasteiger partial charge >= 0.3 is 0 Å². The van der Waals surface area contributed by atoms with E-state index in [-0.39, 0.29) is 5.41 Å². The van der Waals surface area contributed by atoms with Crippen LogP contribution < -0.4 is 10.1 Å². The minimum atomic E-state index is 0.152. The predicted octanol–water partition coefficient (Wildman–Crippen LogP) is 7.48. The highest BCUT2D eigenvalue weighted by molar-refractivity contribution is 5.98. The van der Waals surface area contributed by atoms with Crippen molar-refractivity contribution < 1.29 is 4.74 Å². The highest BCUT2D eigenvalue weighted by atomic mass is 16.5. The minimum absolute atomic E-state index is 0.152. The number of aromatic nitrogens is 1. The van der Waals surface area contributed by atoms with E-state index in [0.29, 0.717) is 0 Å². The number of benzene rings is 3.